The molecule has 0 aliphatic carbocycles. The van der Waals surface area contributed by atoms with Gasteiger partial charge in [0.1, 0.15) is 13.2 Å². The van der Waals surface area contributed by atoms with E-state index in [4.69, 9.17) is 16.3 Å². The number of halogens is 1. The van der Waals surface area contributed by atoms with Crippen molar-refractivity contribution in [2.45, 2.75) is 11.5 Å². The molecule has 0 saturated heterocycles. The number of likely N-dealkylation sites (N-methyl/N-ethyl adjacent to an activating group) is 1. The molecule has 0 aliphatic rings. The Morgan fingerprint density at radius 3 is 2.35 bits per heavy atom. The molecular weight excluding hydrogens is 478 g/mol. The molecule has 3 rings (SSSR count). The van der Waals surface area contributed by atoms with Gasteiger partial charge in [-0.2, -0.15) is 0 Å². The lowest BCUT2D eigenvalue weighted by Crippen LogP contribution is -2.35. The number of nitrogens with zero attached hydrogens (tertiary/aromatic N) is 2. The average Bonchev–Trinajstić information content (AvgIpc) is 2.82. The molecule has 3 aromatic carbocycles. The van der Waals surface area contributed by atoms with Gasteiger partial charge in [-0.15, -0.1) is 0 Å². The van der Waals surface area contributed by atoms with E-state index in [1.54, 1.807) is 24.3 Å². The fourth-order valence-electron chi connectivity index (χ4n) is 3.01. The van der Waals surface area contributed by atoms with Gasteiger partial charge in [-0.1, -0.05) is 54.1 Å². The number of nitrogens with one attached hydrogen (secondary N) is 1. The largest absolute Gasteiger partial charge is 0.445 e. The van der Waals surface area contributed by atoms with Crippen LogP contribution < -0.4 is 9.62 Å². The minimum absolute atomic E-state index is 0.0107. The molecule has 0 radical (unpaired) electrons. The van der Waals surface area contributed by atoms with Crippen LogP contribution in [0.15, 0.2) is 83.8 Å². The lowest BCUT2D eigenvalue weighted by atomic mass is 10.2. The predicted molar refractivity (Wildman–Crippen MR) is 131 cm³/mol. The Kier molecular flexibility index (Phi) is 8.14. The maximum absolute atomic E-state index is 13.0. The number of rotatable bonds is 8. The summed E-state index contributed by atoms with van der Waals surface area (Å²) in [6, 6.07) is 21.5. The van der Waals surface area contributed by atoms with Crippen molar-refractivity contribution in [3.05, 3.63) is 89.4 Å². The molecule has 2 amide bonds. The summed E-state index contributed by atoms with van der Waals surface area (Å²) >= 11 is 5.98. The molecule has 0 aromatic heterocycles. The first kappa shape index (κ1) is 25.1. The fraction of sp³-hybridized carbons (Fsp3) is 0.167. The second-order valence-corrected chi connectivity index (χ2v) is 9.83. The molecule has 34 heavy (non-hydrogen) atoms. The van der Waals surface area contributed by atoms with Crippen LogP contribution >= 0.6 is 11.6 Å². The zero-order chi connectivity index (χ0) is 24.7. The van der Waals surface area contributed by atoms with Gasteiger partial charge in [-0.05, 0) is 42.0 Å². The van der Waals surface area contributed by atoms with Crippen molar-refractivity contribution in [2.75, 3.05) is 30.3 Å². The summed E-state index contributed by atoms with van der Waals surface area (Å²) in [6.45, 7) is -0.182. The van der Waals surface area contributed by atoms with E-state index in [2.05, 4.69) is 5.32 Å². The van der Waals surface area contributed by atoms with E-state index in [0.29, 0.717) is 10.7 Å². The SMILES string of the molecule is CN(CC(=O)Nc1cccc(S(=O)(=O)N(C)c2cccc(Cl)c2)c1)C(=O)OCc1ccccc1. The quantitative estimate of drug-likeness (QED) is 0.494. The lowest BCUT2D eigenvalue weighted by Gasteiger charge is -2.20. The standard InChI is InChI=1S/C24H24ClN3O5S/c1-27(24(30)33-17-18-8-4-3-5-9-18)16-23(29)26-20-11-7-13-22(15-20)34(31,32)28(2)21-12-6-10-19(25)14-21/h3-15H,16-17H2,1-2H3,(H,26,29). The number of amides is 2. The zero-order valence-corrected chi connectivity index (χ0v) is 20.2. The van der Waals surface area contributed by atoms with Crippen LogP contribution in [0.25, 0.3) is 0 Å². The van der Waals surface area contributed by atoms with Crippen LogP contribution in [-0.4, -0.2) is 46.0 Å². The van der Waals surface area contributed by atoms with E-state index in [9.17, 15) is 18.0 Å². The second-order valence-electron chi connectivity index (χ2n) is 7.42. The number of carbonyl (C=O) groups excluding carboxylic acids is 2. The van der Waals surface area contributed by atoms with E-state index in [1.165, 1.54) is 38.4 Å². The molecule has 0 aliphatic heterocycles. The Balaban J connectivity index is 1.61. The van der Waals surface area contributed by atoms with Gasteiger partial charge in [0.05, 0.1) is 10.6 Å². The first-order chi connectivity index (χ1) is 16.2. The number of sulfonamides is 1. The molecule has 0 spiro atoms. The van der Waals surface area contributed by atoms with Gasteiger partial charge in [0.2, 0.25) is 5.91 Å². The number of hydrogen-bond donors (Lipinski definition) is 1. The van der Waals surface area contributed by atoms with Gasteiger partial charge in [-0.3, -0.25) is 9.10 Å². The van der Waals surface area contributed by atoms with E-state index in [-0.39, 0.29) is 23.7 Å². The Labute approximate surface area is 203 Å². The van der Waals surface area contributed by atoms with Crippen LogP contribution in [0.4, 0.5) is 16.2 Å². The van der Waals surface area contributed by atoms with E-state index >= 15 is 0 Å². The Hall–Kier alpha value is -3.56. The average molecular weight is 502 g/mol. The van der Waals surface area contributed by atoms with Crippen molar-refractivity contribution < 1.29 is 22.7 Å². The molecule has 1 N–H and O–H groups in total. The summed E-state index contributed by atoms with van der Waals surface area (Å²) in [7, 11) is -1.04. The number of hydrogen-bond acceptors (Lipinski definition) is 5. The van der Waals surface area contributed by atoms with Crippen molar-refractivity contribution >= 4 is 45.0 Å². The summed E-state index contributed by atoms with van der Waals surface area (Å²) < 4.78 is 32.4. The Morgan fingerprint density at radius 1 is 0.941 bits per heavy atom. The third-order valence-electron chi connectivity index (χ3n) is 4.85. The molecule has 3 aromatic rings. The first-order valence-corrected chi connectivity index (χ1v) is 12.0. The van der Waals surface area contributed by atoms with Crippen LogP contribution in [-0.2, 0) is 26.2 Å². The van der Waals surface area contributed by atoms with Crippen molar-refractivity contribution in [2.24, 2.45) is 0 Å². The van der Waals surface area contributed by atoms with Crippen molar-refractivity contribution in [3.8, 4) is 0 Å². The molecule has 0 atom stereocenters. The highest BCUT2D eigenvalue weighted by Crippen LogP contribution is 2.26. The van der Waals surface area contributed by atoms with Crippen LogP contribution in [0, 0.1) is 0 Å². The number of carbonyl (C=O) groups is 2. The normalized spacial score (nSPS) is 10.9. The second kappa shape index (κ2) is 11.0. The highest BCUT2D eigenvalue weighted by molar-refractivity contribution is 7.92. The van der Waals surface area contributed by atoms with Crippen molar-refractivity contribution in [3.63, 3.8) is 0 Å². The van der Waals surface area contributed by atoms with Crippen molar-refractivity contribution in [1.29, 1.82) is 0 Å². The third-order valence-corrected chi connectivity index (χ3v) is 6.86. The van der Waals surface area contributed by atoms with Gasteiger partial charge < -0.3 is 15.0 Å². The minimum Gasteiger partial charge on any atom is -0.445 e. The molecular formula is C24H24ClN3O5S. The Morgan fingerprint density at radius 2 is 1.65 bits per heavy atom. The van der Waals surface area contributed by atoms with Crippen LogP contribution in [0.5, 0.6) is 0 Å². The minimum atomic E-state index is -3.90. The molecule has 0 bridgehead atoms. The summed E-state index contributed by atoms with van der Waals surface area (Å²) in [6.07, 6.45) is -0.654. The molecule has 10 heteroatoms. The van der Waals surface area contributed by atoms with Crippen LogP contribution in [0.3, 0.4) is 0 Å². The molecule has 0 fully saturated rings. The molecule has 0 saturated carbocycles. The molecule has 0 heterocycles. The van der Waals surface area contributed by atoms with E-state index in [1.807, 2.05) is 30.3 Å². The van der Waals surface area contributed by atoms with E-state index in [0.717, 1.165) is 14.8 Å². The number of benzene rings is 3. The third kappa shape index (κ3) is 6.49. The van der Waals surface area contributed by atoms with Crippen molar-refractivity contribution in [1.82, 2.24) is 4.90 Å². The summed E-state index contributed by atoms with van der Waals surface area (Å²) in [5, 5.41) is 3.02. The highest BCUT2D eigenvalue weighted by atomic mass is 35.5. The lowest BCUT2D eigenvalue weighted by molar-refractivity contribution is -0.116. The summed E-state index contributed by atoms with van der Waals surface area (Å²) in [5.41, 5.74) is 1.50. The topological polar surface area (TPSA) is 96.0 Å². The van der Waals surface area contributed by atoms with Gasteiger partial charge in [0.15, 0.2) is 0 Å². The summed E-state index contributed by atoms with van der Waals surface area (Å²) in [5.74, 6) is -0.503. The Bertz CT molecular complexity index is 1270. The first-order valence-electron chi connectivity index (χ1n) is 10.2. The smallest absolute Gasteiger partial charge is 0.410 e. The van der Waals surface area contributed by atoms with Crippen LogP contribution in [0.2, 0.25) is 5.02 Å². The summed E-state index contributed by atoms with van der Waals surface area (Å²) in [4.78, 5) is 25.7. The van der Waals surface area contributed by atoms with Gasteiger partial charge in [0.25, 0.3) is 10.0 Å². The molecule has 178 valence electrons. The van der Waals surface area contributed by atoms with Gasteiger partial charge in [-0.25, -0.2) is 13.2 Å². The predicted octanol–water partition coefficient (Wildman–Crippen LogP) is 4.37. The van der Waals surface area contributed by atoms with Gasteiger partial charge >= 0.3 is 6.09 Å². The van der Waals surface area contributed by atoms with Gasteiger partial charge in [0, 0.05) is 24.8 Å². The molecule has 8 nitrogen and oxygen atoms in total. The maximum Gasteiger partial charge on any atom is 0.410 e. The van der Waals surface area contributed by atoms with E-state index < -0.39 is 22.0 Å². The zero-order valence-electron chi connectivity index (χ0n) is 18.6. The number of ether oxygens (including phenoxy) is 1. The molecule has 0 unspecified atom stereocenters. The number of anilines is 2. The maximum atomic E-state index is 13.0. The van der Waals surface area contributed by atoms with Crippen LogP contribution in [0.1, 0.15) is 5.56 Å². The highest BCUT2D eigenvalue weighted by Gasteiger charge is 2.22. The monoisotopic (exact) mass is 501 g/mol. The fourth-order valence-corrected chi connectivity index (χ4v) is 4.43.